The Kier molecular flexibility index (Phi) is 5.88. The van der Waals surface area contributed by atoms with Gasteiger partial charge in [-0.05, 0) is 36.1 Å². The Morgan fingerprint density at radius 2 is 1.87 bits per heavy atom. The zero-order valence-corrected chi connectivity index (χ0v) is 13.3. The largest absolute Gasteiger partial charge is 0.396 e. The fraction of sp³-hybridized carbons (Fsp3) is 0.235. The van der Waals surface area contributed by atoms with Gasteiger partial charge in [0.2, 0.25) is 10.0 Å². The molecule has 0 saturated carbocycles. The van der Waals surface area contributed by atoms with E-state index in [0.717, 1.165) is 5.56 Å². The first-order chi connectivity index (χ1) is 11.1. The highest BCUT2D eigenvalue weighted by Crippen LogP contribution is 2.19. The van der Waals surface area contributed by atoms with Crippen molar-refractivity contribution in [1.82, 2.24) is 4.72 Å². The number of nitrogens with one attached hydrogen (secondary N) is 1. The van der Waals surface area contributed by atoms with Crippen LogP contribution in [-0.4, -0.2) is 26.7 Å². The van der Waals surface area contributed by atoms with Crippen LogP contribution in [0.2, 0.25) is 0 Å². The van der Waals surface area contributed by atoms with Gasteiger partial charge in [-0.1, -0.05) is 36.4 Å². The average molecular weight is 330 g/mol. The molecule has 2 rings (SSSR count). The summed E-state index contributed by atoms with van der Waals surface area (Å²) in [6, 6.07) is 17.3. The lowest BCUT2D eigenvalue weighted by atomic mass is 9.96. The summed E-state index contributed by atoms with van der Waals surface area (Å²) in [5, 5.41) is 18.1. The predicted molar refractivity (Wildman–Crippen MR) is 87.2 cm³/mol. The molecule has 0 aliphatic heterocycles. The van der Waals surface area contributed by atoms with Gasteiger partial charge in [-0.3, -0.25) is 0 Å². The highest BCUT2D eigenvalue weighted by molar-refractivity contribution is 7.89. The molecule has 0 fully saturated rings. The number of sulfonamides is 1. The third-order valence-corrected chi connectivity index (χ3v) is 4.96. The summed E-state index contributed by atoms with van der Waals surface area (Å²) in [4.78, 5) is 0.0624. The maximum atomic E-state index is 12.4. The number of hydrogen-bond acceptors (Lipinski definition) is 4. The molecule has 2 N–H and O–H groups in total. The summed E-state index contributed by atoms with van der Waals surface area (Å²) < 4.78 is 27.3. The van der Waals surface area contributed by atoms with Crippen molar-refractivity contribution in [1.29, 1.82) is 5.26 Å². The maximum absolute atomic E-state index is 12.4. The van der Waals surface area contributed by atoms with Gasteiger partial charge < -0.3 is 5.11 Å². The Labute approximate surface area is 136 Å². The highest BCUT2D eigenvalue weighted by atomic mass is 32.2. The molecule has 0 aliphatic rings. The summed E-state index contributed by atoms with van der Waals surface area (Å²) in [5.41, 5.74) is 1.26. The zero-order valence-electron chi connectivity index (χ0n) is 12.5. The molecule has 1 unspecified atom stereocenters. The summed E-state index contributed by atoms with van der Waals surface area (Å²) in [5.74, 6) is -0.116. The van der Waals surface area contributed by atoms with Crippen molar-refractivity contribution >= 4 is 10.0 Å². The van der Waals surface area contributed by atoms with Crippen molar-refractivity contribution in [3.8, 4) is 6.07 Å². The minimum Gasteiger partial charge on any atom is -0.396 e. The van der Waals surface area contributed by atoms with Gasteiger partial charge in [0.15, 0.2) is 0 Å². The SMILES string of the molecule is N#Cc1cccc(S(=O)(=O)NCC(CCO)c2ccccc2)c1. The first-order valence-corrected chi connectivity index (χ1v) is 8.71. The lowest BCUT2D eigenvalue weighted by Gasteiger charge is -2.17. The van der Waals surface area contributed by atoms with Crippen molar-refractivity contribution in [3.05, 3.63) is 65.7 Å². The molecule has 0 bridgehead atoms. The van der Waals surface area contributed by atoms with Crippen molar-refractivity contribution in [2.45, 2.75) is 17.2 Å². The Morgan fingerprint density at radius 1 is 1.13 bits per heavy atom. The zero-order chi connectivity index (χ0) is 16.7. The van der Waals surface area contributed by atoms with Crippen molar-refractivity contribution in [3.63, 3.8) is 0 Å². The van der Waals surface area contributed by atoms with Crippen LogP contribution < -0.4 is 4.72 Å². The molecule has 120 valence electrons. The Hall–Kier alpha value is -2.20. The average Bonchev–Trinajstić information content (AvgIpc) is 2.59. The lowest BCUT2D eigenvalue weighted by molar-refractivity contribution is 0.275. The topological polar surface area (TPSA) is 90.2 Å². The van der Waals surface area contributed by atoms with E-state index in [4.69, 9.17) is 5.26 Å². The summed E-state index contributed by atoms with van der Waals surface area (Å²) in [7, 11) is -3.70. The van der Waals surface area contributed by atoms with E-state index in [1.54, 1.807) is 6.07 Å². The molecule has 2 aromatic rings. The molecule has 2 aromatic carbocycles. The lowest BCUT2D eigenvalue weighted by Crippen LogP contribution is -2.29. The molecule has 0 amide bonds. The highest BCUT2D eigenvalue weighted by Gasteiger charge is 2.18. The summed E-state index contributed by atoms with van der Waals surface area (Å²) in [6.45, 7) is 0.162. The van der Waals surface area contributed by atoms with Gasteiger partial charge in [-0.15, -0.1) is 0 Å². The van der Waals surface area contributed by atoms with E-state index in [9.17, 15) is 13.5 Å². The molecule has 0 heterocycles. The molecule has 0 aromatic heterocycles. The second kappa shape index (κ2) is 7.88. The molecule has 0 saturated heterocycles. The molecule has 1 atom stereocenters. The van der Waals surface area contributed by atoms with E-state index < -0.39 is 10.0 Å². The molecule has 5 nitrogen and oxygen atoms in total. The molecule has 0 spiro atoms. The van der Waals surface area contributed by atoms with E-state index in [2.05, 4.69) is 4.72 Å². The molecular weight excluding hydrogens is 312 g/mol. The van der Waals surface area contributed by atoms with Crippen LogP contribution in [0.25, 0.3) is 0 Å². The van der Waals surface area contributed by atoms with Gasteiger partial charge in [0.1, 0.15) is 0 Å². The number of aliphatic hydroxyl groups is 1. The molecule has 23 heavy (non-hydrogen) atoms. The van der Waals surface area contributed by atoms with Gasteiger partial charge in [0.05, 0.1) is 16.5 Å². The Bertz CT molecular complexity index is 783. The number of benzene rings is 2. The van der Waals surface area contributed by atoms with E-state index in [0.29, 0.717) is 12.0 Å². The maximum Gasteiger partial charge on any atom is 0.240 e. The second-order valence-corrected chi connectivity index (χ2v) is 6.88. The summed E-state index contributed by atoms with van der Waals surface area (Å²) >= 11 is 0. The van der Waals surface area contributed by atoms with E-state index in [1.807, 2.05) is 36.4 Å². The molecule has 6 heteroatoms. The number of rotatable bonds is 7. The number of nitriles is 1. The van der Waals surface area contributed by atoms with Crippen LogP contribution in [0.4, 0.5) is 0 Å². The quantitative estimate of drug-likeness (QED) is 0.812. The Morgan fingerprint density at radius 3 is 2.52 bits per heavy atom. The first kappa shape index (κ1) is 17.2. The third-order valence-electron chi connectivity index (χ3n) is 3.54. The number of nitrogens with zero attached hydrogens (tertiary/aromatic N) is 1. The fourth-order valence-electron chi connectivity index (χ4n) is 2.29. The molecule has 0 aliphatic carbocycles. The monoisotopic (exact) mass is 330 g/mol. The van der Waals surface area contributed by atoms with E-state index >= 15 is 0 Å². The number of hydrogen-bond donors (Lipinski definition) is 2. The second-order valence-electron chi connectivity index (χ2n) is 5.11. The van der Waals surface area contributed by atoms with Crippen LogP contribution in [0.5, 0.6) is 0 Å². The summed E-state index contributed by atoms with van der Waals surface area (Å²) in [6.07, 6.45) is 0.463. The van der Waals surface area contributed by atoms with Gasteiger partial charge >= 0.3 is 0 Å². The van der Waals surface area contributed by atoms with Crippen LogP contribution >= 0.6 is 0 Å². The molecule has 0 radical (unpaired) electrons. The fourth-order valence-corrected chi connectivity index (χ4v) is 3.42. The van der Waals surface area contributed by atoms with Gasteiger partial charge in [-0.25, -0.2) is 13.1 Å². The standard InChI is InChI=1S/C17H18N2O3S/c18-12-14-5-4-8-17(11-14)23(21,22)19-13-16(9-10-20)15-6-2-1-3-7-15/h1-8,11,16,19-20H,9-10,13H2. The first-order valence-electron chi connectivity index (χ1n) is 7.22. The van der Waals surface area contributed by atoms with E-state index in [-0.39, 0.29) is 24.0 Å². The van der Waals surface area contributed by atoms with Crippen LogP contribution in [0.1, 0.15) is 23.5 Å². The van der Waals surface area contributed by atoms with Crippen molar-refractivity contribution < 1.29 is 13.5 Å². The minimum atomic E-state index is -3.70. The molecular formula is C17H18N2O3S. The normalized spacial score (nSPS) is 12.5. The van der Waals surface area contributed by atoms with Crippen LogP contribution in [0, 0.1) is 11.3 Å². The third kappa shape index (κ3) is 4.63. The Balaban J connectivity index is 2.14. The van der Waals surface area contributed by atoms with Gasteiger partial charge in [0.25, 0.3) is 0 Å². The predicted octanol–water partition coefficient (Wildman–Crippen LogP) is 2.00. The van der Waals surface area contributed by atoms with Crippen LogP contribution in [-0.2, 0) is 10.0 Å². The van der Waals surface area contributed by atoms with Crippen LogP contribution in [0.3, 0.4) is 0 Å². The van der Waals surface area contributed by atoms with Crippen molar-refractivity contribution in [2.24, 2.45) is 0 Å². The van der Waals surface area contributed by atoms with Crippen molar-refractivity contribution in [2.75, 3.05) is 13.2 Å². The number of aliphatic hydroxyl groups excluding tert-OH is 1. The smallest absolute Gasteiger partial charge is 0.240 e. The van der Waals surface area contributed by atoms with Crippen LogP contribution in [0.15, 0.2) is 59.5 Å². The minimum absolute atomic E-state index is 0.0226. The van der Waals surface area contributed by atoms with E-state index in [1.165, 1.54) is 18.2 Å². The van der Waals surface area contributed by atoms with Gasteiger partial charge in [-0.2, -0.15) is 5.26 Å². The van der Waals surface area contributed by atoms with Gasteiger partial charge in [0, 0.05) is 13.2 Å².